The number of carbonyl (C=O) groups is 2. The Labute approximate surface area is 121 Å². The van der Waals surface area contributed by atoms with E-state index < -0.39 is 5.97 Å². The first-order chi connectivity index (χ1) is 9.52. The number of hydrogen-bond acceptors (Lipinski definition) is 5. The highest BCUT2D eigenvalue weighted by molar-refractivity contribution is 7.99. The minimum absolute atomic E-state index is 0.102. The lowest BCUT2D eigenvalue weighted by molar-refractivity contribution is 0.0690. The summed E-state index contributed by atoms with van der Waals surface area (Å²) in [5.41, 5.74) is -0.111. The first-order valence-corrected chi connectivity index (χ1v) is 7.44. The standard InChI is InChI=1S/C11H19N5O3S/c1-3-20-7-8(2)13-11(19)12-4-5-16-6-9(10(17)18)14-15-16/h6,8H,3-5,7H2,1-2H3,(H,17,18)(H2,12,13,19). The number of aromatic carboxylic acids is 1. The highest BCUT2D eigenvalue weighted by Gasteiger charge is 2.09. The minimum atomic E-state index is -1.12. The van der Waals surface area contributed by atoms with Crippen LogP contribution >= 0.6 is 11.8 Å². The lowest BCUT2D eigenvalue weighted by Gasteiger charge is -2.13. The molecule has 1 aromatic heterocycles. The highest BCUT2D eigenvalue weighted by Crippen LogP contribution is 2.00. The van der Waals surface area contributed by atoms with Crippen molar-refractivity contribution < 1.29 is 14.7 Å². The predicted octanol–water partition coefficient (Wildman–Crippen LogP) is 0.417. The molecule has 1 aromatic rings. The van der Waals surface area contributed by atoms with E-state index in [0.29, 0.717) is 13.1 Å². The maximum absolute atomic E-state index is 11.5. The van der Waals surface area contributed by atoms with E-state index in [9.17, 15) is 9.59 Å². The van der Waals surface area contributed by atoms with Crippen molar-refractivity contribution in [3.05, 3.63) is 11.9 Å². The van der Waals surface area contributed by atoms with Crippen LogP contribution in [0.3, 0.4) is 0 Å². The third-order valence-electron chi connectivity index (χ3n) is 2.33. The van der Waals surface area contributed by atoms with Gasteiger partial charge in [0.25, 0.3) is 0 Å². The van der Waals surface area contributed by atoms with E-state index in [2.05, 4.69) is 27.9 Å². The summed E-state index contributed by atoms with van der Waals surface area (Å²) < 4.78 is 1.38. The Kier molecular flexibility index (Phi) is 6.85. The summed E-state index contributed by atoms with van der Waals surface area (Å²) in [5, 5.41) is 21.3. The molecule has 1 rings (SSSR count). The van der Waals surface area contributed by atoms with Crippen LogP contribution in [-0.4, -0.2) is 56.2 Å². The van der Waals surface area contributed by atoms with Crippen LogP contribution in [0.5, 0.6) is 0 Å². The first kappa shape index (κ1) is 16.3. The molecule has 3 N–H and O–H groups in total. The molecule has 0 saturated heterocycles. The van der Waals surface area contributed by atoms with E-state index in [1.807, 2.05) is 6.92 Å². The third kappa shape index (κ3) is 5.91. The van der Waals surface area contributed by atoms with E-state index in [1.165, 1.54) is 10.9 Å². The minimum Gasteiger partial charge on any atom is -0.476 e. The molecule has 0 aliphatic rings. The van der Waals surface area contributed by atoms with E-state index >= 15 is 0 Å². The number of thioether (sulfide) groups is 1. The van der Waals surface area contributed by atoms with Crippen molar-refractivity contribution in [2.45, 2.75) is 26.4 Å². The van der Waals surface area contributed by atoms with Gasteiger partial charge in [0.1, 0.15) is 0 Å². The van der Waals surface area contributed by atoms with Gasteiger partial charge in [0.05, 0.1) is 12.7 Å². The Morgan fingerprint density at radius 2 is 2.30 bits per heavy atom. The van der Waals surface area contributed by atoms with E-state index in [-0.39, 0.29) is 17.8 Å². The Morgan fingerprint density at radius 3 is 2.90 bits per heavy atom. The van der Waals surface area contributed by atoms with Crippen LogP contribution in [0.4, 0.5) is 4.79 Å². The van der Waals surface area contributed by atoms with Gasteiger partial charge in [0.15, 0.2) is 5.69 Å². The summed E-state index contributed by atoms with van der Waals surface area (Å²) >= 11 is 1.76. The molecule has 1 atom stereocenters. The van der Waals surface area contributed by atoms with Gasteiger partial charge in [-0.25, -0.2) is 14.3 Å². The molecule has 8 nitrogen and oxygen atoms in total. The van der Waals surface area contributed by atoms with Gasteiger partial charge >= 0.3 is 12.0 Å². The van der Waals surface area contributed by atoms with E-state index in [1.54, 1.807) is 11.8 Å². The van der Waals surface area contributed by atoms with Crippen molar-refractivity contribution in [2.75, 3.05) is 18.1 Å². The molecule has 0 aromatic carbocycles. The summed E-state index contributed by atoms with van der Waals surface area (Å²) in [7, 11) is 0. The van der Waals surface area contributed by atoms with Crippen LogP contribution < -0.4 is 10.6 Å². The maximum Gasteiger partial charge on any atom is 0.358 e. The number of amides is 2. The van der Waals surface area contributed by atoms with Gasteiger partial charge in [0, 0.05) is 18.3 Å². The molecule has 0 aliphatic heterocycles. The average Bonchev–Trinajstić information content (AvgIpc) is 2.85. The van der Waals surface area contributed by atoms with Crippen molar-refractivity contribution in [2.24, 2.45) is 0 Å². The lowest BCUT2D eigenvalue weighted by atomic mass is 10.4. The zero-order valence-corrected chi connectivity index (χ0v) is 12.3. The predicted molar refractivity (Wildman–Crippen MR) is 76.0 cm³/mol. The Morgan fingerprint density at radius 1 is 1.55 bits per heavy atom. The van der Waals surface area contributed by atoms with E-state index in [0.717, 1.165) is 11.5 Å². The van der Waals surface area contributed by atoms with Crippen molar-refractivity contribution in [1.82, 2.24) is 25.6 Å². The topological polar surface area (TPSA) is 109 Å². The SMILES string of the molecule is CCSCC(C)NC(=O)NCCn1cc(C(=O)O)nn1. The van der Waals surface area contributed by atoms with Crippen molar-refractivity contribution in [3.8, 4) is 0 Å². The molecule has 0 saturated carbocycles. The van der Waals surface area contributed by atoms with Gasteiger partial charge in [-0.2, -0.15) is 11.8 Å². The monoisotopic (exact) mass is 301 g/mol. The van der Waals surface area contributed by atoms with Crippen LogP contribution in [0.1, 0.15) is 24.3 Å². The summed E-state index contributed by atoms with van der Waals surface area (Å²) in [6.45, 7) is 4.73. The smallest absolute Gasteiger partial charge is 0.358 e. The number of nitrogens with one attached hydrogen (secondary N) is 2. The molecule has 112 valence electrons. The fourth-order valence-corrected chi connectivity index (χ4v) is 2.07. The summed E-state index contributed by atoms with van der Waals surface area (Å²) in [6.07, 6.45) is 1.32. The number of carboxylic acid groups (broad SMARTS) is 1. The molecule has 1 heterocycles. The quantitative estimate of drug-likeness (QED) is 0.642. The summed E-state index contributed by atoms with van der Waals surface area (Å²) in [4.78, 5) is 22.2. The van der Waals surface area contributed by atoms with Crippen LogP contribution in [0.2, 0.25) is 0 Å². The second kappa shape index (κ2) is 8.41. The van der Waals surface area contributed by atoms with Crippen LogP contribution in [0.15, 0.2) is 6.20 Å². The molecule has 0 radical (unpaired) electrons. The largest absolute Gasteiger partial charge is 0.476 e. The fraction of sp³-hybridized carbons (Fsp3) is 0.636. The molecule has 0 spiro atoms. The van der Waals surface area contributed by atoms with Crippen LogP contribution in [0, 0.1) is 0 Å². The van der Waals surface area contributed by atoms with Gasteiger partial charge in [-0.3, -0.25) is 0 Å². The van der Waals surface area contributed by atoms with Gasteiger partial charge in [-0.15, -0.1) is 5.10 Å². The molecule has 20 heavy (non-hydrogen) atoms. The van der Waals surface area contributed by atoms with E-state index in [4.69, 9.17) is 5.11 Å². The molecule has 2 amide bonds. The maximum atomic E-state index is 11.5. The summed E-state index contributed by atoms with van der Waals surface area (Å²) in [6, 6.07) is -0.141. The number of carboxylic acids is 1. The van der Waals surface area contributed by atoms with Gasteiger partial charge in [-0.05, 0) is 12.7 Å². The molecular formula is C11H19N5O3S. The average molecular weight is 301 g/mol. The zero-order valence-electron chi connectivity index (χ0n) is 11.5. The molecule has 9 heteroatoms. The van der Waals surface area contributed by atoms with Crippen molar-refractivity contribution in [1.29, 1.82) is 0 Å². The zero-order chi connectivity index (χ0) is 15.0. The van der Waals surface area contributed by atoms with Gasteiger partial charge in [-0.1, -0.05) is 12.1 Å². The highest BCUT2D eigenvalue weighted by atomic mass is 32.2. The lowest BCUT2D eigenvalue weighted by Crippen LogP contribution is -2.42. The fourth-order valence-electron chi connectivity index (χ4n) is 1.40. The molecule has 0 bridgehead atoms. The van der Waals surface area contributed by atoms with Gasteiger partial charge in [0.2, 0.25) is 0 Å². The Hall–Kier alpha value is -1.77. The second-order valence-electron chi connectivity index (χ2n) is 4.13. The summed E-state index contributed by atoms with van der Waals surface area (Å²) in [5.74, 6) is 0.769. The van der Waals surface area contributed by atoms with Crippen LogP contribution in [-0.2, 0) is 6.54 Å². The number of urea groups is 1. The molecule has 0 aliphatic carbocycles. The number of carbonyl (C=O) groups excluding carboxylic acids is 1. The van der Waals surface area contributed by atoms with Crippen molar-refractivity contribution >= 4 is 23.8 Å². The number of hydrogen-bond donors (Lipinski definition) is 3. The molecule has 0 fully saturated rings. The molecule has 1 unspecified atom stereocenters. The van der Waals surface area contributed by atoms with Crippen molar-refractivity contribution in [3.63, 3.8) is 0 Å². The Balaban J connectivity index is 2.22. The normalized spacial score (nSPS) is 11.9. The van der Waals surface area contributed by atoms with Gasteiger partial charge < -0.3 is 15.7 Å². The third-order valence-corrected chi connectivity index (χ3v) is 3.48. The molecular weight excluding hydrogens is 282 g/mol. The Bertz CT molecular complexity index is 451. The first-order valence-electron chi connectivity index (χ1n) is 6.28. The second-order valence-corrected chi connectivity index (χ2v) is 5.45. The number of aromatic nitrogens is 3. The van der Waals surface area contributed by atoms with Crippen LogP contribution in [0.25, 0.3) is 0 Å². The number of nitrogens with zero attached hydrogens (tertiary/aromatic N) is 3. The number of rotatable bonds is 8.